The van der Waals surface area contributed by atoms with Crippen LogP contribution in [0.15, 0.2) is 30.3 Å². The molecule has 0 aromatic heterocycles. The zero-order chi connectivity index (χ0) is 12.3. The van der Waals surface area contributed by atoms with E-state index in [9.17, 15) is 8.42 Å². The average Bonchev–Trinajstić information content (AvgIpc) is 2.84. The van der Waals surface area contributed by atoms with Crippen LogP contribution in [0.25, 0.3) is 0 Å². The summed E-state index contributed by atoms with van der Waals surface area (Å²) in [6.45, 7) is 0. The van der Waals surface area contributed by atoms with Gasteiger partial charge in [0, 0.05) is 6.04 Å². The third-order valence-electron chi connectivity index (χ3n) is 3.45. The zero-order valence-corrected chi connectivity index (χ0v) is 10.7. The molecule has 17 heavy (non-hydrogen) atoms. The van der Waals surface area contributed by atoms with Crippen molar-refractivity contribution in [3.63, 3.8) is 0 Å². The van der Waals surface area contributed by atoms with Crippen LogP contribution in [0.5, 0.6) is 0 Å². The predicted molar refractivity (Wildman–Crippen MR) is 69.4 cm³/mol. The topological polar surface area (TPSA) is 60.2 Å². The van der Waals surface area contributed by atoms with Gasteiger partial charge >= 0.3 is 0 Å². The molecule has 1 saturated carbocycles. The molecule has 0 aliphatic heterocycles. The van der Waals surface area contributed by atoms with Crippen molar-refractivity contribution in [2.75, 3.05) is 5.75 Å². The van der Waals surface area contributed by atoms with E-state index in [4.69, 9.17) is 5.73 Å². The van der Waals surface area contributed by atoms with E-state index >= 15 is 0 Å². The molecule has 0 bridgehead atoms. The molecule has 2 N–H and O–H groups in total. The Morgan fingerprint density at radius 3 is 2.35 bits per heavy atom. The highest BCUT2D eigenvalue weighted by Crippen LogP contribution is 2.27. The number of sulfone groups is 1. The van der Waals surface area contributed by atoms with Crippen LogP contribution in [0.1, 0.15) is 37.3 Å². The van der Waals surface area contributed by atoms with Gasteiger partial charge in [-0.25, -0.2) is 8.42 Å². The molecule has 1 aromatic carbocycles. The van der Waals surface area contributed by atoms with Gasteiger partial charge in [0.05, 0.1) is 11.0 Å². The zero-order valence-electron chi connectivity index (χ0n) is 9.88. The van der Waals surface area contributed by atoms with Gasteiger partial charge in [-0.2, -0.15) is 0 Å². The second kappa shape index (κ2) is 5.19. The first-order valence-corrected chi connectivity index (χ1v) is 7.83. The summed E-state index contributed by atoms with van der Waals surface area (Å²) in [7, 11) is -3.03. The molecule has 0 saturated heterocycles. The van der Waals surface area contributed by atoms with Crippen molar-refractivity contribution < 1.29 is 8.42 Å². The highest BCUT2D eigenvalue weighted by atomic mass is 32.2. The number of benzene rings is 1. The summed E-state index contributed by atoms with van der Waals surface area (Å²) in [5, 5.41) is -0.155. The molecule has 1 atom stereocenters. The van der Waals surface area contributed by atoms with Crippen LogP contribution in [-0.2, 0) is 9.84 Å². The van der Waals surface area contributed by atoms with Gasteiger partial charge in [0.15, 0.2) is 9.84 Å². The summed E-state index contributed by atoms with van der Waals surface area (Å²) >= 11 is 0. The molecule has 94 valence electrons. The van der Waals surface area contributed by atoms with E-state index in [0.29, 0.717) is 0 Å². The Labute approximate surface area is 103 Å². The largest absolute Gasteiger partial charge is 0.323 e. The van der Waals surface area contributed by atoms with Crippen LogP contribution >= 0.6 is 0 Å². The van der Waals surface area contributed by atoms with Crippen molar-refractivity contribution in [2.45, 2.75) is 37.0 Å². The van der Waals surface area contributed by atoms with E-state index in [1.807, 2.05) is 30.3 Å². The van der Waals surface area contributed by atoms with Crippen molar-refractivity contribution in [3.8, 4) is 0 Å². The van der Waals surface area contributed by atoms with E-state index in [-0.39, 0.29) is 11.0 Å². The lowest BCUT2D eigenvalue weighted by molar-refractivity contribution is 0.572. The van der Waals surface area contributed by atoms with Crippen molar-refractivity contribution in [3.05, 3.63) is 35.9 Å². The Kier molecular flexibility index (Phi) is 3.84. The molecule has 2 rings (SSSR count). The molecule has 0 radical (unpaired) electrons. The molecule has 0 amide bonds. The van der Waals surface area contributed by atoms with Crippen molar-refractivity contribution in [2.24, 2.45) is 5.73 Å². The molecule has 0 spiro atoms. The van der Waals surface area contributed by atoms with E-state index in [1.165, 1.54) is 0 Å². The van der Waals surface area contributed by atoms with Gasteiger partial charge < -0.3 is 5.73 Å². The van der Waals surface area contributed by atoms with Crippen LogP contribution in [0.4, 0.5) is 0 Å². The molecule has 1 aliphatic carbocycles. The molecule has 1 aromatic rings. The first-order chi connectivity index (χ1) is 8.09. The fourth-order valence-corrected chi connectivity index (χ4v) is 4.45. The fraction of sp³-hybridized carbons (Fsp3) is 0.538. The Hall–Kier alpha value is -0.870. The minimum Gasteiger partial charge on any atom is -0.323 e. The predicted octanol–water partition coefficient (Wildman–Crippen LogP) is 2.04. The van der Waals surface area contributed by atoms with Crippen LogP contribution in [0, 0.1) is 0 Å². The Bertz CT molecular complexity index is 450. The minimum atomic E-state index is -3.03. The number of nitrogens with two attached hydrogens (primary N) is 1. The average molecular weight is 253 g/mol. The lowest BCUT2D eigenvalue weighted by Gasteiger charge is -2.16. The maximum absolute atomic E-state index is 12.1. The first-order valence-electron chi connectivity index (χ1n) is 6.12. The molecule has 1 fully saturated rings. The summed E-state index contributed by atoms with van der Waals surface area (Å²) in [4.78, 5) is 0. The highest BCUT2D eigenvalue weighted by Gasteiger charge is 2.30. The van der Waals surface area contributed by atoms with Crippen LogP contribution < -0.4 is 5.73 Å². The second-order valence-electron chi connectivity index (χ2n) is 4.75. The summed E-state index contributed by atoms with van der Waals surface area (Å²) in [5.41, 5.74) is 6.87. The minimum absolute atomic E-state index is 0.0711. The van der Waals surface area contributed by atoms with Gasteiger partial charge in [-0.1, -0.05) is 43.2 Å². The number of hydrogen-bond donors (Lipinski definition) is 1. The van der Waals surface area contributed by atoms with Gasteiger partial charge in [-0.05, 0) is 18.4 Å². The maximum atomic E-state index is 12.1. The molecular weight excluding hydrogens is 234 g/mol. The lowest BCUT2D eigenvalue weighted by atomic mass is 10.1. The smallest absolute Gasteiger partial charge is 0.155 e. The highest BCUT2D eigenvalue weighted by molar-refractivity contribution is 7.92. The van der Waals surface area contributed by atoms with Crippen LogP contribution in [-0.4, -0.2) is 19.4 Å². The Morgan fingerprint density at radius 2 is 1.76 bits per heavy atom. The third-order valence-corrected chi connectivity index (χ3v) is 5.76. The third kappa shape index (κ3) is 3.07. The van der Waals surface area contributed by atoms with E-state index in [1.54, 1.807) is 0 Å². The second-order valence-corrected chi connectivity index (χ2v) is 7.08. The van der Waals surface area contributed by atoms with E-state index < -0.39 is 15.9 Å². The van der Waals surface area contributed by atoms with Crippen molar-refractivity contribution >= 4 is 9.84 Å². The van der Waals surface area contributed by atoms with E-state index in [0.717, 1.165) is 31.2 Å². The molecule has 0 heterocycles. The van der Waals surface area contributed by atoms with Crippen molar-refractivity contribution in [1.82, 2.24) is 0 Å². The molecule has 1 unspecified atom stereocenters. The normalized spacial score (nSPS) is 19.4. The lowest BCUT2D eigenvalue weighted by Crippen LogP contribution is -2.28. The Morgan fingerprint density at radius 1 is 1.18 bits per heavy atom. The standard InChI is InChI=1S/C13H19NO2S/c14-13(11-6-2-1-3-7-11)10-17(15,16)12-8-4-5-9-12/h1-3,6-7,12-13H,4-5,8-10,14H2. The van der Waals surface area contributed by atoms with Crippen molar-refractivity contribution in [1.29, 1.82) is 0 Å². The quantitative estimate of drug-likeness (QED) is 0.893. The molecular formula is C13H19NO2S. The fourth-order valence-electron chi connectivity index (χ4n) is 2.43. The maximum Gasteiger partial charge on any atom is 0.155 e. The van der Waals surface area contributed by atoms with Crippen LogP contribution in [0.3, 0.4) is 0 Å². The monoisotopic (exact) mass is 253 g/mol. The Balaban J connectivity index is 2.05. The summed E-state index contributed by atoms with van der Waals surface area (Å²) in [6.07, 6.45) is 3.68. The summed E-state index contributed by atoms with van der Waals surface area (Å²) in [5.74, 6) is 0.0711. The van der Waals surface area contributed by atoms with Gasteiger partial charge in [-0.15, -0.1) is 0 Å². The molecule has 4 heteroatoms. The summed E-state index contributed by atoms with van der Waals surface area (Å²) in [6, 6.07) is 9.04. The number of hydrogen-bond acceptors (Lipinski definition) is 3. The van der Waals surface area contributed by atoms with Gasteiger partial charge in [-0.3, -0.25) is 0 Å². The van der Waals surface area contributed by atoms with Gasteiger partial charge in [0.1, 0.15) is 0 Å². The first kappa shape index (κ1) is 12.6. The van der Waals surface area contributed by atoms with Gasteiger partial charge in [0.2, 0.25) is 0 Å². The van der Waals surface area contributed by atoms with Gasteiger partial charge in [0.25, 0.3) is 0 Å². The number of rotatable bonds is 4. The summed E-state index contributed by atoms with van der Waals surface area (Å²) < 4.78 is 24.3. The molecule has 3 nitrogen and oxygen atoms in total. The SMILES string of the molecule is NC(CS(=O)(=O)C1CCCC1)c1ccccc1. The van der Waals surface area contributed by atoms with Crippen LogP contribution in [0.2, 0.25) is 0 Å². The molecule has 1 aliphatic rings. The van der Waals surface area contributed by atoms with E-state index in [2.05, 4.69) is 0 Å².